The van der Waals surface area contributed by atoms with Crippen LogP contribution in [0.5, 0.6) is 0 Å². The van der Waals surface area contributed by atoms with Crippen LogP contribution < -0.4 is 15.4 Å². The van der Waals surface area contributed by atoms with E-state index in [0.29, 0.717) is 17.1 Å². The van der Waals surface area contributed by atoms with E-state index in [1.807, 2.05) is 41.8 Å². The fourth-order valence-corrected chi connectivity index (χ4v) is 6.64. The molecule has 2 aromatic carbocycles. The highest BCUT2D eigenvalue weighted by molar-refractivity contribution is 8.05. The van der Waals surface area contributed by atoms with Crippen molar-refractivity contribution < 1.29 is 23.1 Å². The number of carbonyl (C=O) groups excluding carboxylic acids is 2. The molecule has 1 aromatic heterocycles. The third-order valence-corrected chi connectivity index (χ3v) is 8.81. The van der Waals surface area contributed by atoms with Crippen LogP contribution in [0, 0.1) is 0 Å². The van der Waals surface area contributed by atoms with Crippen molar-refractivity contribution in [1.29, 1.82) is 0 Å². The van der Waals surface area contributed by atoms with Crippen molar-refractivity contribution >= 4 is 63.7 Å². The zero-order chi connectivity index (χ0) is 27.8. The Balaban J connectivity index is 1.57. The van der Waals surface area contributed by atoms with Crippen LogP contribution in [0.25, 0.3) is 0 Å². The molecule has 4 rings (SSSR count). The summed E-state index contributed by atoms with van der Waals surface area (Å²) in [6.45, 7) is 0. The monoisotopic (exact) mass is 605 g/mol. The third kappa shape index (κ3) is 8.54. The molecule has 0 aliphatic carbocycles. The number of ether oxygens (including phenoxy) is 1. The zero-order valence-corrected chi connectivity index (χ0v) is 24.0. The molecule has 0 spiro atoms. The summed E-state index contributed by atoms with van der Waals surface area (Å²) in [5.41, 5.74) is 3.05. The van der Waals surface area contributed by atoms with Gasteiger partial charge in [-0.15, -0.1) is 23.1 Å². The second-order valence-corrected chi connectivity index (χ2v) is 12.1. The number of methoxy groups -OCH3 is 1. The molecule has 0 radical (unpaired) electrons. The first-order chi connectivity index (χ1) is 18.8. The van der Waals surface area contributed by atoms with Gasteiger partial charge < -0.3 is 24.6 Å². The number of alkyl carbamates (subject to hydrolysis) is 1. The molecule has 1 aliphatic heterocycles. The molecule has 0 fully saturated rings. The molecule has 0 bridgehead atoms. The highest BCUT2D eigenvalue weighted by Crippen LogP contribution is 2.45. The van der Waals surface area contributed by atoms with Crippen molar-refractivity contribution in [1.82, 2.24) is 15.6 Å². The van der Waals surface area contributed by atoms with E-state index < -0.39 is 29.4 Å². The summed E-state index contributed by atoms with van der Waals surface area (Å²) in [4.78, 5) is 30.4. The van der Waals surface area contributed by atoms with Crippen LogP contribution in [0.3, 0.4) is 0 Å². The minimum absolute atomic E-state index is 0.115. The van der Waals surface area contributed by atoms with Crippen LogP contribution in [0.15, 0.2) is 70.4 Å². The molecule has 0 saturated carbocycles. The van der Waals surface area contributed by atoms with Crippen LogP contribution in [-0.4, -0.2) is 38.9 Å². The molecule has 0 saturated heterocycles. The Morgan fingerprint density at radius 1 is 1.13 bits per heavy atom. The van der Waals surface area contributed by atoms with Crippen LogP contribution >= 0.6 is 34.7 Å². The lowest BCUT2D eigenvalue weighted by atomic mass is 10.0. The maximum atomic E-state index is 13.5. The molecular weight excluding hydrogens is 580 g/mol. The zero-order valence-electron chi connectivity index (χ0n) is 20.8. The molecule has 2 unspecified atom stereocenters. The van der Waals surface area contributed by atoms with Gasteiger partial charge >= 0.3 is 6.09 Å². The van der Waals surface area contributed by atoms with E-state index in [1.165, 1.54) is 18.4 Å². The average molecular weight is 606 g/mol. The summed E-state index contributed by atoms with van der Waals surface area (Å²) in [5, 5.41) is 8.50. The van der Waals surface area contributed by atoms with Gasteiger partial charge in [-0.3, -0.25) is 9.00 Å². The van der Waals surface area contributed by atoms with Gasteiger partial charge in [0, 0.05) is 28.8 Å². The van der Waals surface area contributed by atoms with Crippen molar-refractivity contribution in [2.24, 2.45) is 0 Å². The molecule has 2 amide bonds. The van der Waals surface area contributed by atoms with Crippen molar-refractivity contribution in [3.05, 3.63) is 92.2 Å². The topological polar surface area (TPSA) is 132 Å². The van der Waals surface area contributed by atoms with E-state index in [2.05, 4.69) is 15.4 Å². The van der Waals surface area contributed by atoms with E-state index in [0.717, 1.165) is 27.6 Å². The standard InChI is InChI=1S/C26H27ClN4O5S3/c1-36-26(33)30-19(13-16-5-3-2-4-6-16)24(32)28-20(14-17-7-9-18(10-8-17)31-39(34)35)25-29-21(15-37-25)22-11-12-23(27)38-22/h2-10,12,15,19-20,22,31H,11,13-14H2,1H3,(H,28,32)(H,30,33)(H,34,35)/p-1/t19-,20-,22?/m0/s1. The summed E-state index contributed by atoms with van der Waals surface area (Å²) in [7, 11) is 1.25. The number of benzene rings is 2. The molecule has 4 atom stereocenters. The molecular formula is C26H26ClN4O5S3-. The molecule has 206 valence electrons. The Hall–Kier alpha value is -2.90. The van der Waals surface area contributed by atoms with Gasteiger partial charge in [0.1, 0.15) is 11.0 Å². The molecule has 39 heavy (non-hydrogen) atoms. The number of carbonyl (C=O) groups is 2. The largest absolute Gasteiger partial charge is 0.755 e. The number of rotatable bonds is 11. The van der Waals surface area contributed by atoms with Gasteiger partial charge in [0.2, 0.25) is 5.91 Å². The van der Waals surface area contributed by atoms with E-state index in [-0.39, 0.29) is 17.6 Å². The normalized spacial score (nSPS) is 17.0. The van der Waals surface area contributed by atoms with Gasteiger partial charge in [-0.2, -0.15) is 0 Å². The first kappa shape index (κ1) is 29.1. The molecule has 3 N–H and O–H groups in total. The van der Waals surface area contributed by atoms with E-state index in [9.17, 15) is 18.4 Å². The summed E-state index contributed by atoms with van der Waals surface area (Å²) in [6.07, 6.45) is 2.70. The summed E-state index contributed by atoms with van der Waals surface area (Å²) < 4.78 is 29.7. The SMILES string of the molecule is COC(=O)N[C@@H](Cc1ccccc1)C(=O)N[C@@H](Cc1ccc(NS(=O)[O-])cc1)c1nc(C2CC=C(Cl)S2)cs1. The predicted molar refractivity (Wildman–Crippen MR) is 154 cm³/mol. The van der Waals surface area contributed by atoms with E-state index in [1.54, 1.807) is 36.0 Å². The number of thioether (sulfide) groups is 1. The molecule has 3 aromatic rings. The quantitative estimate of drug-likeness (QED) is 0.263. The number of nitrogens with zero attached hydrogens (tertiary/aromatic N) is 1. The van der Waals surface area contributed by atoms with Crippen LogP contribution in [0.4, 0.5) is 10.5 Å². The minimum Gasteiger partial charge on any atom is -0.755 e. The number of allylic oxidation sites excluding steroid dienone is 1. The number of anilines is 1. The minimum atomic E-state index is -2.43. The number of nitrogens with one attached hydrogen (secondary N) is 3. The number of thiazole rings is 1. The number of hydrogen-bond acceptors (Lipinski definition) is 8. The smallest absolute Gasteiger partial charge is 0.407 e. The van der Waals surface area contributed by atoms with Crippen molar-refractivity contribution in [2.75, 3.05) is 11.8 Å². The van der Waals surface area contributed by atoms with Crippen LogP contribution in [0.2, 0.25) is 0 Å². The van der Waals surface area contributed by atoms with Crippen molar-refractivity contribution in [3.8, 4) is 0 Å². The Kier molecular flexibility index (Phi) is 10.4. The van der Waals surface area contributed by atoms with Gasteiger partial charge in [-0.25, -0.2) is 9.78 Å². The predicted octanol–water partition coefficient (Wildman–Crippen LogP) is 4.97. The Bertz CT molecular complexity index is 1340. The molecule has 2 heterocycles. The summed E-state index contributed by atoms with van der Waals surface area (Å²) >= 11 is 6.72. The first-order valence-corrected chi connectivity index (χ1v) is 15.1. The highest BCUT2D eigenvalue weighted by atomic mass is 35.5. The number of aromatic nitrogens is 1. The van der Waals surface area contributed by atoms with Crippen LogP contribution in [-0.2, 0) is 33.6 Å². The Morgan fingerprint density at radius 3 is 2.49 bits per heavy atom. The average Bonchev–Trinajstić information content (AvgIpc) is 3.58. The van der Waals surface area contributed by atoms with Gasteiger partial charge in [-0.1, -0.05) is 60.1 Å². The van der Waals surface area contributed by atoms with Gasteiger partial charge in [-0.05, 0) is 36.1 Å². The fraction of sp³-hybridized carbons (Fsp3) is 0.269. The second kappa shape index (κ2) is 13.9. The van der Waals surface area contributed by atoms with Crippen molar-refractivity contribution in [3.63, 3.8) is 0 Å². The maximum absolute atomic E-state index is 13.5. The van der Waals surface area contributed by atoms with Gasteiger partial charge in [0.15, 0.2) is 0 Å². The fourth-order valence-electron chi connectivity index (χ4n) is 4.00. The van der Waals surface area contributed by atoms with Crippen LogP contribution in [0.1, 0.15) is 39.5 Å². The van der Waals surface area contributed by atoms with Gasteiger partial charge in [0.05, 0.1) is 28.5 Å². The summed E-state index contributed by atoms with van der Waals surface area (Å²) in [6, 6.07) is 14.9. The highest BCUT2D eigenvalue weighted by Gasteiger charge is 2.28. The lowest BCUT2D eigenvalue weighted by Gasteiger charge is -2.22. The molecule has 9 nitrogen and oxygen atoms in total. The Morgan fingerprint density at radius 2 is 1.85 bits per heavy atom. The first-order valence-electron chi connectivity index (χ1n) is 11.9. The molecule has 1 aliphatic rings. The Labute approximate surface area is 242 Å². The number of halogens is 1. The van der Waals surface area contributed by atoms with Crippen molar-refractivity contribution in [2.45, 2.75) is 36.6 Å². The van der Waals surface area contributed by atoms with Gasteiger partial charge in [0.25, 0.3) is 0 Å². The third-order valence-electron chi connectivity index (χ3n) is 5.90. The molecule has 13 heteroatoms. The number of amides is 2. The second-order valence-electron chi connectivity index (χ2n) is 8.64. The van der Waals surface area contributed by atoms with E-state index in [4.69, 9.17) is 21.3 Å². The number of hydrogen-bond donors (Lipinski definition) is 3. The van der Waals surface area contributed by atoms with E-state index >= 15 is 0 Å². The summed E-state index contributed by atoms with van der Waals surface area (Å²) in [5.74, 6) is -0.383. The maximum Gasteiger partial charge on any atom is 0.407 e. The lowest BCUT2D eigenvalue weighted by molar-refractivity contribution is -0.123. The lowest BCUT2D eigenvalue weighted by Crippen LogP contribution is -2.49.